The maximum atomic E-state index is 11.9. The van der Waals surface area contributed by atoms with E-state index in [4.69, 9.17) is 0 Å². The monoisotopic (exact) mass is 185 g/mol. The molecule has 0 aromatic heterocycles. The summed E-state index contributed by atoms with van der Waals surface area (Å²) >= 11 is 0. The van der Waals surface area contributed by atoms with Gasteiger partial charge in [0.05, 0.1) is 0 Å². The number of amides is 1. The van der Waals surface area contributed by atoms with Crippen molar-refractivity contribution in [2.75, 3.05) is 7.05 Å². The van der Waals surface area contributed by atoms with E-state index in [2.05, 4.69) is 20.8 Å². The molecule has 0 aliphatic carbocycles. The van der Waals surface area contributed by atoms with Gasteiger partial charge in [0.25, 0.3) is 0 Å². The van der Waals surface area contributed by atoms with Gasteiger partial charge in [0.1, 0.15) is 0 Å². The number of rotatable bonds is 4. The van der Waals surface area contributed by atoms with Crippen LogP contribution in [0.25, 0.3) is 0 Å². The van der Waals surface area contributed by atoms with Crippen molar-refractivity contribution in [2.24, 2.45) is 11.8 Å². The van der Waals surface area contributed by atoms with Crippen LogP contribution >= 0.6 is 0 Å². The summed E-state index contributed by atoms with van der Waals surface area (Å²) < 4.78 is 0. The van der Waals surface area contributed by atoms with Gasteiger partial charge in [-0.05, 0) is 26.2 Å². The Bertz CT molecular complexity index is 163. The van der Waals surface area contributed by atoms with Gasteiger partial charge < -0.3 is 4.90 Å². The van der Waals surface area contributed by atoms with Crippen molar-refractivity contribution in [1.29, 1.82) is 0 Å². The van der Waals surface area contributed by atoms with Crippen molar-refractivity contribution in [3.63, 3.8) is 0 Å². The van der Waals surface area contributed by atoms with Gasteiger partial charge in [-0.15, -0.1) is 0 Å². The molecule has 0 fully saturated rings. The lowest BCUT2D eigenvalue weighted by molar-refractivity contribution is -0.137. The number of hydrogen-bond donors (Lipinski definition) is 0. The van der Waals surface area contributed by atoms with E-state index in [9.17, 15) is 4.79 Å². The lowest BCUT2D eigenvalue weighted by Gasteiger charge is -2.28. The second-order valence-corrected chi connectivity index (χ2v) is 4.30. The maximum Gasteiger partial charge on any atom is 0.225 e. The fourth-order valence-corrected chi connectivity index (χ4v) is 1.45. The van der Waals surface area contributed by atoms with Gasteiger partial charge in [-0.2, -0.15) is 0 Å². The van der Waals surface area contributed by atoms with Gasteiger partial charge in [0, 0.05) is 19.0 Å². The minimum absolute atomic E-state index is 0.187. The van der Waals surface area contributed by atoms with Crippen LogP contribution < -0.4 is 0 Å². The van der Waals surface area contributed by atoms with E-state index in [1.165, 1.54) is 0 Å². The number of nitrogens with zero attached hydrogens (tertiary/aromatic N) is 1. The van der Waals surface area contributed by atoms with Crippen LogP contribution in [0.3, 0.4) is 0 Å². The first kappa shape index (κ1) is 12.5. The summed E-state index contributed by atoms with van der Waals surface area (Å²) in [7, 11) is 1.89. The summed E-state index contributed by atoms with van der Waals surface area (Å²) in [6, 6.07) is 0.306. The molecule has 0 radical (unpaired) electrons. The van der Waals surface area contributed by atoms with Crippen LogP contribution in [0.2, 0.25) is 0 Å². The molecule has 0 saturated carbocycles. The molecular weight excluding hydrogens is 162 g/mol. The van der Waals surface area contributed by atoms with Gasteiger partial charge in [-0.25, -0.2) is 0 Å². The first-order valence-corrected chi connectivity index (χ1v) is 5.18. The molecule has 0 bridgehead atoms. The molecule has 2 heteroatoms. The fraction of sp³-hybridized carbons (Fsp3) is 0.909. The van der Waals surface area contributed by atoms with Gasteiger partial charge in [-0.1, -0.05) is 20.8 Å². The molecule has 0 rings (SSSR count). The van der Waals surface area contributed by atoms with E-state index in [-0.39, 0.29) is 11.8 Å². The van der Waals surface area contributed by atoms with Crippen molar-refractivity contribution in [3.8, 4) is 0 Å². The van der Waals surface area contributed by atoms with Crippen LogP contribution in [0, 0.1) is 11.8 Å². The Hall–Kier alpha value is -0.530. The predicted octanol–water partition coefficient (Wildman–Crippen LogP) is 2.54. The van der Waals surface area contributed by atoms with Gasteiger partial charge in [0.2, 0.25) is 5.91 Å². The van der Waals surface area contributed by atoms with E-state index >= 15 is 0 Å². The Morgan fingerprint density at radius 3 is 1.92 bits per heavy atom. The fourth-order valence-electron chi connectivity index (χ4n) is 1.45. The van der Waals surface area contributed by atoms with Crippen LogP contribution in [0.15, 0.2) is 0 Å². The molecule has 78 valence electrons. The Labute approximate surface area is 82.3 Å². The van der Waals surface area contributed by atoms with Crippen molar-refractivity contribution >= 4 is 5.91 Å². The second kappa shape index (κ2) is 5.25. The number of carbonyl (C=O) groups is 1. The molecule has 1 amide bonds. The summed E-state index contributed by atoms with van der Waals surface area (Å²) in [6.45, 7) is 10.4. The zero-order valence-corrected chi connectivity index (χ0v) is 9.79. The minimum Gasteiger partial charge on any atom is -0.343 e. The zero-order chi connectivity index (χ0) is 10.6. The summed E-state index contributed by atoms with van der Waals surface area (Å²) in [5.41, 5.74) is 0. The summed E-state index contributed by atoms with van der Waals surface area (Å²) in [5, 5.41) is 0. The zero-order valence-electron chi connectivity index (χ0n) is 9.79. The molecule has 0 aliphatic rings. The summed E-state index contributed by atoms with van der Waals surface area (Å²) in [5.74, 6) is 0.915. The van der Waals surface area contributed by atoms with Crippen LogP contribution in [-0.2, 0) is 4.79 Å². The van der Waals surface area contributed by atoms with Crippen LogP contribution in [0.5, 0.6) is 0 Å². The average Bonchev–Trinajstić information content (AvgIpc) is 2.03. The Balaban J connectivity index is 4.37. The molecule has 0 saturated heterocycles. The third-order valence-corrected chi connectivity index (χ3v) is 2.68. The van der Waals surface area contributed by atoms with Crippen molar-refractivity contribution in [3.05, 3.63) is 0 Å². The van der Waals surface area contributed by atoms with E-state index in [0.29, 0.717) is 12.0 Å². The molecule has 13 heavy (non-hydrogen) atoms. The molecule has 0 spiro atoms. The Morgan fingerprint density at radius 2 is 1.69 bits per heavy atom. The van der Waals surface area contributed by atoms with E-state index in [1.807, 2.05) is 25.8 Å². The van der Waals surface area contributed by atoms with Crippen molar-refractivity contribution in [1.82, 2.24) is 4.90 Å². The standard InChI is InChI=1S/C11H23NO/c1-7-10(8(2)3)11(13)12(6)9(4)5/h8-10H,7H2,1-6H3. The Morgan fingerprint density at radius 1 is 1.23 bits per heavy atom. The molecule has 0 N–H and O–H groups in total. The van der Waals surface area contributed by atoms with Crippen LogP contribution in [0.4, 0.5) is 0 Å². The number of carbonyl (C=O) groups excluding carboxylic acids is 1. The lowest BCUT2D eigenvalue weighted by atomic mass is 9.91. The first-order chi connectivity index (χ1) is 5.91. The quantitative estimate of drug-likeness (QED) is 0.659. The highest BCUT2D eigenvalue weighted by Gasteiger charge is 2.24. The molecule has 1 unspecified atom stereocenters. The highest BCUT2D eigenvalue weighted by molar-refractivity contribution is 5.79. The largest absolute Gasteiger partial charge is 0.343 e. The molecular formula is C11H23NO. The summed E-state index contributed by atoms with van der Waals surface area (Å²) in [4.78, 5) is 13.7. The van der Waals surface area contributed by atoms with E-state index in [0.717, 1.165) is 6.42 Å². The van der Waals surface area contributed by atoms with Gasteiger partial charge >= 0.3 is 0 Å². The van der Waals surface area contributed by atoms with E-state index < -0.39 is 0 Å². The lowest BCUT2D eigenvalue weighted by Crippen LogP contribution is -2.39. The minimum atomic E-state index is 0.187. The maximum absolute atomic E-state index is 11.9. The molecule has 0 heterocycles. The Kier molecular flexibility index (Phi) is 5.04. The van der Waals surface area contributed by atoms with Crippen molar-refractivity contribution in [2.45, 2.75) is 47.1 Å². The first-order valence-electron chi connectivity index (χ1n) is 5.18. The van der Waals surface area contributed by atoms with E-state index in [1.54, 1.807) is 0 Å². The molecule has 0 aromatic rings. The molecule has 0 aliphatic heterocycles. The third kappa shape index (κ3) is 3.37. The second-order valence-electron chi connectivity index (χ2n) is 4.30. The molecule has 0 aromatic carbocycles. The third-order valence-electron chi connectivity index (χ3n) is 2.68. The highest BCUT2D eigenvalue weighted by Crippen LogP contribution is 2.18. The van der Waals surface area contributed by atoms with Gasteiger partial charge in [0.15, 0.2) is 0 Å². The smallest absolute Gasteiger partial charge is 0.225 e. The molecule has 2 nitrogen and oxygen atoms in total. The topological polar surface area (TPSA) is 20.3 Å². The van der Waals surface area contributed by atoms with Crippen LogP contribution in [-0.4, -0.2) is 23.9 Å². The predicted molar refractivity (Wildman–Crippen MR) is 56.5 cm³/mol. The number of hydrogen-bond acceptors (Lipinski definition) is 1. The van der Waals surface area contributed by atoms with Gasteiger partial charge in [-0.3, -0.25) is 4.79 Å². The summed E-state index contributed by atoms with van der Waals surface area (Å²) in [6.07, 6.45) is 0.938. The normalized spacial score (nSPS) is 13.5. The molecule has 1 atom stereocenters. The highest BCUT2D eigenvalue weighted by atomic mass is 16.2. The average molecular weight is 185 g/mol. The van der Waals surface area contributed by atoms with Crippen molar-refractivity contribution < 1.29 is 4.79 Å². The SMILES string of the molecule is CCC(C(=O)N(C)C(C)C)C(C)C. The van der Waals surface area contributed by atoms with Crippen LogP contribution in [0.1, 0.15) is 41.0 Å².